The van der Waals surface area contributed by atoms with E-state index in [1.54, 1.807) is 6.20 Å². The molecule has 0 saturated carbocycles. The molecule has 2 heterocycles. The van der Waals surface area contributed by atoms with Crippen LogP contribution in [-0.4, -0.2) is 30.9 Å². The molecule has 0 saturated heterocycles. The van der Waals surface area contributed by atoms with Crippen molar-refractivity contribution in [3.63, 3.8) is 0 Å². The lowest BCUT2D eigenvalue weighted by molar-refractivity contribution is 0.199. The maximum Gasteiger partial charge on any atom is 0.412 e. The molecule has 0 aliphatic heterocycles. The quantitative estimate of drug-likeness (QED) is 0.229. The lowest BCUT2D eigenvalue weighted by Gasteiger charge is -2.26. The number of rotatable bonds is 8. The second-order valence-electron chi connectivity index (χ2n) is 9.73. The predicted molar refractivity (Wildman–Crippen MR) is 154 cm³/mol. The Labute approximate surface area is 226 Å². The van der Waals surface area contributed by atoms with E-state index in [1.807, 2.05) is 61.5 Å². The average Bonchev–Trinajstić information content (AvgIpc) is 3.57. The fraction of sp³-hybridized carbons (Fsp3) is 0.156. The molecule has 2 aromatic heterocycles. The normalized spacial score (nSPS) is 12.1. The van der Waals surface area contributed by atoms with Crippen LogP contribution >= 0.6 is 0 Å². The lowest BCUT2D eigenvalue weighted by atomic mass is 10.0. The maximum absolute atomic E-state index is 12.7. The van der Waals surface area contributed by atoms with Gasteiger partial charge in [-0.05, 0) is 41.3 Å². The molecule has 0 aliphatic rings. The van der Waals surface area contributed by atoms with E-state index in [2.05, 4.69) is 62.2 Å². The van der Waals surface area contributed by atoms with Gasteiger partial charge in [-0.1, -0.05) is 91.0 Å². The first-order valence-electron chi connectivity index (χ1n) is 13.1. The number of fused-ring (bicyclic) bond motifs is 2. The monoisotopic (exact) mass is 515 g/mol. The Kier molecular flexibility index (Phi) is 6.55. The van der Waals surface area contributed by atoms with Crippen molar-refractivity contribution in [1.82, 2.24) is 19.7 Å². The first-order valence-corrected chi connectivity index (χ1v) is 13.1. The lowest BCUT2D eigenvalue weighted by Crippen LogP contribution is -2.34. The van der Waals surface area contributed by atoms with Crippen molar-refractivity contribution in [1.29, 1.82) is 0 Å². The molecule has 2 N–H and O–H groups in total. The van der Waals surface area contributed by atoms with Gasteiger partial charge >= 0.3 is 6.09 Å². The van der Waals surface area contributed by atoms with Gasteiger partial charge in [0.15, 0.2) is 5.82 Å². The number of benzene rings is 4. The van der Waals surface area contributed by atoms with Crippen molar-refractivity contribution in [2.24, 2.45) is 0 Å². The van der Waals surface area contributed by atoms with Gasteiger partial charge in [0.25, 0.3) is 0 Å². The van der Waals surface area contributed by atoms with Crippen LogP contribution in [0, 0.1) is 0 Å². The Hall–Kier alpha value is -4.91. The van der Waals surface area contributed by atoms with Gasteiger partial charge in [0.05, 0.1) is 18.3 Å². The van der Waals surface area contributed by atoms with Crippen molar-refractivity contribution < 1.29 is 9.90 Å². The summed E-state index contributed by atoms with van der Waals surface area (Å²) < 4.78 is 2.10. The van der Waals surface area contributed by atoms with Crippen LogP contribution in [0.15, 0.2) is 103 Å². The molecule has 7 nitrogen and oxygen atoms in total. The Bertz CT molecular complexity index is 1750. The number of nitrogens with zero attached hydrogens (tertiary/aromatic N) is 4. The highest BCUT2D eigenvalue weighted by Crippen LogP contribution is 2.33. The van der Waals surface area contributed by atoms with Gasteiger partial charge < -0.3 is 14.7 Å². The predicted octanol–water partition coefficient (Wildman–Crippen LogP) is 6.99. The number of amides is 1. The van der Waals surface area contributed by atoms with Gasteiger partial charge in [-0.3, -0.25) is 4.90 Å². The summed E-state index contributed by atoms with van der Waals surface area (Å²) in [7, 11) is 0. The van der Waals surface area contributed by atoms with Crippen molar-refractivity contribution in [2.45, 2.75) is 32.4 Å². The molecule has 39 heavy (non-hydrogen) atoms. The van der Waals surface area contributed by atoms with Gasteiger partial charge in [0.1, 0.15) is 5.82 Å². The highest BCUT2D eigenvalue weighted by atomic mass is 16.4. The topological polar surface area (TPSA) is 87.0 Å². The summed E-state index contributed by atoms with van der Waals surface area (Å²) in [6, 6.07) is 32.0. The minimum atomic E-state index is -1.04. The van der Waals surface area contributed by atoms with Crippen LogP contribution in [0.25, 0.3) is 21.7 Å². The molecule has 0 spiro atoms. The van der Waals surface area contributed by atoms with Gasteiger partial charge in [-0.15, -0.1) is 10.2 Å². The first kappa shape index (κ1) is 24.4. The number of carbonyl (C=O) groups is 1. The summed E-state index contributed by atoms with van der Waals surface area (Å²) in [5.41, 5.74) is 3.83. The molecular weight excluding hydrogens is 486 g/mol. The van der Waals surface area contributed by atoms with E-state index < -0.39 is 12.1 Å². The van der Waals surface area contributed by atoms with Crippen molar-refractivity contribution in [3.05, 3.63) is 126 Å². The number of carboxylic acid groups (broad SMARTS) is 1. The van der Waals surface area contributed by atoms with Gasteiger partial charge in [0, 0.05) is 23.5 Å². The SMILES string of the molecule is CC(c1nnc(CCc2ccccc2)n1Cc1cccc2ccccc12)N(C(=O)O)c1c[nH]c2ccccc12. The molecule has 0 fully saturated rings. The zero-order chi connectivity index (χ0) is 26.8. The summed E-state index contributed by atoms with van der Waals surface area (Å²) in [6.45, 7) is 2.42. The molecule has 194 valence electrons. The summed E-state index contributed by atoms with van der Waals surface area (Å²) in [6.07, 6.45) is 2.21. The number of nitrogens with one attached hydrogen (secondary N) is 1. The maximum atomic E-state index is 12.7. The van der Waals surface area contributed by atoms with Crippen LogP contribution in [0.5, 0.6) is 0 Å². The van der Waals surface area contributed by atoms with E-state index in [-0.39, 0.29) is 0 Å². The summed E-state index contributed by atoms with van der Waals surface area (Å²) in [5, 5.41) is 22.7. The van der Waals surface area contributed by atoms with Crippen LogP contribution in [0.1, 0.15) is 35.7 Å². The van der Waals surface area contributed by atoms with E-state index in [0.717, 1.165) is 39.5 Å². The van der Waals surface area contributed by atoms with Gasteiger partial charge in [-0.25, -0.2) is 4.79 Å². The first-order chi connectivity index (χ1) is 19.1. The molecule has 6 rings (SSSR count). The highest BCUT2D eigenvalue weighted by molar-refractivity contribution is 6.00. The average molecular weight is 516 g/mol. The zero-order valence-electron chi connectivity index (χ0n) is 21.7. The van der Waals surface area contributed by atoms with Crippen LogP contribution in [0.2, 0.25) is 0 Å². The van der Waals surface area contributed by atoms with Crippen molar-refractivity contribution >= 4 is 33.5 Å². The second kappa shape index (κ2) is 10.5. The number of para-hydroxylation sites is 1. The van der Waals surface area contributed by atoms with E-state index in [4.69, 9.17) is 0 Å². The number of hydrogen-bond donors (Lipinski definition) is 2. The Morgan fingerprint density at radius 1 is 0.872 bits per heavy atom. The van der Waals surface area contributed by atoms with Gasteiger partial charge in [0.2, 0.25) is 0 Å². The minimum Gasteiger partial charge on any atom is -0.465 e. The van der Waals surface area contributed by atoms with Crippen molar-refractivity contribution in [3.8, 4) is 0 Å². The molecular formula is C32H29N5O2. The molecule has 7 heteroatoms. The molecule has 0 radical (unpaired) electrons. The number of aryl methyl sites for hydroxylation is 2. The highest BCUT2D eigenvalue weighted by Gasteiger charge is 2.30. The van der Waals surface area contributed by atoms with E-state index in [1.165, 1.54) is 10.5 Å². The molecule has 0 bridgehead atoms. The molecule has 6 aromatic rings. The van der Waals surface area contributed by atoms with E-state index in [9.17, 15) is 9.90 Å². The van der Waals surface area contributed by atoms with E-state index in [0.29, 0.717) is 24.5 Å². The van der Waals surface area contributed by atoms with Crippen molar-refractivity contribution in [2.75, 3.05) is 4.90 Å². The molecule has 1 amide bonds. The smallest absolute Gasteiger partial charge is 0.412 e. The minimum absolute atomic E-state index is 0.541. The summed E-state index contributed by atoms with van der Waals surface area (Å²) in [5.74, 6) is 1.44. The third-order valence-electron chi connectivity index (χ3n) is 7.34. The fourth-order valence-corrected chi connectivity index (χ4v) is 5.37. The number of aromatic nitrogens is 4. The van der Waals surface area contributed by atoms with Gasteiger partial charge in [-0.2, -0.15) is 0 Å². The molecule has 1 atom stereocenters. The second-order valence-corrected chi connectivity index (χ2v) is 9.73. The zero-order valence-corrected chi connectivity index (χ0v) is 21.7. The Balaban J connectivity index is 1.42. The number of anilines is 1. The standard InChI is InChI=1S/C32H29N5O2/c1-22(37(32(38)39)29-20-33-28-17-8-7-16-27(28)29)31-35-34-30(19-18-23-10-3-2-4-11-23)36(31)21-25-14-9-13-24-12-5-6-15-26(24)25/h2-17,20,22,33H,18-19,21H2,1H3,(H,38,39). The van der Waals surface area contributed by atoms with E-state index >= 15 is 0 Å². The number of hydrogen-bond acceptors (Lipinski definition) is 3. The Morgan fingerprint density at radius 2 is 1.59 bits per heavy atom. The molecule has 1 unspecified atom stereocenters. The van der Waals surface area contributed by atoms with Crippen LogP contribution in [0.3, 0.4) is 0 Å². The Morgan fingerprint density at radius 3 is 2.41 bits per heavy atom. The summed E-state index contributed by atoms with van der Waals surface area (Å²) in [4.78, 5) is 17.3. The third kappa shape index (κ3) is 4.75. The van der Waals surface area contributed by atoms with Crippen LogP contribution in [0.4, 0.5) is 10.5 Å². The largest absolute Gasteiger partial charge is 0.465 e. The molecule has 0 aliphatic carbocycles. The number of H-pyrrole nitrogens is 1. The fourth-order valence-electron chi connectivity index (χ4n) is 5.37. The summed E-state index contributed by atoms with van der Waals surface area (Å²) >= 11 is 0. The number of aromatic amines is 1. The van der Waals surface area contributed by atoms with Crippen LogP contribution in [-0.2, 0) is 19.4 Å². The third-order valence-corrected chi connectivity index (χ3v) is 7.34. The molecule has 4 aromatic carbocycles. The van der Waals surface area contributed by atoms with Crippen LogP contribution < -0.4 is 4.90 Å².